The van der Waals surface area contributed by atoms with Crippen molar-refractivity contribution in [1.29, 1.82) is 0 Å². The van der Waals surface area contributed by atoms with Crippen molar-refractivity contribution >= 4 is 0 Å². The predicted molar refractivity (Wildman–Crippen MR) is 36.8 cm³/mol. The van der Waals surface area contributed by atoms with Crippen LogP contribution in [0.5, 0.6) is 0 Å². The van der Waals surface area contributed by atoms with Gasteiger partial charge in [-0.1, -0.05) is 6.92 Å². The number of nitrogens with one attached hydrogen (secondary N) is 1. The SMILES string of the molecule is CCN.CNC1CC1. The quantitative estimate of drug-likeness (QED) is 0.518. The molecular formula is C6H16N2. The maximum absolute atomic E-state index is 4.85. The van der Waals surface area contributed by atoms with Gasteiger partial charge in [0.2, 0.25) is 0 Å². The third-order valence-corrected chi connectivity index (χ3v) is 0.986. The molecule has 3 N–H and O–H groups in total. The van der Waals surface area contributed by atoms with E-state index in [1.165, 1.54) is 12.8 Å². The highest BCUT2D eigenvalue weighted by Gasteiger charge is 2.17. The van der Waals surface area contributed by atoms with E-state index in [-0.39, 0.29) is 0 Å². The molecule has 0 aromatic heterocycles. The summed E-state index contributed by atoms with van der Waals surface area (Å²) in [5.74, 6) is 0. The summed E-state index contributed by atoms with van der Waals surface area (Å²) < 4.78 is 0. The van der Waals surface area contributed by atoms with Crippen molar-refractivity contribution < 1.29 is 0 Å². The fourth-order valence-corrected chi connectivity index (χ4v) is 0.372. The van der Waals surface area contributed by atoms with Gasteiger partial charge in [0.1, 0.15) is 0 Å². The highest BCUT2D eigenvalue weighted by atomic mass is 14.9. The molecule has 1 saturated carbocycles. The molecule has 1 rings (SSSR count). The van der Waals surface area contributed by atoms with Crippen molar-refractivity contribution in [3.8, 4) is 0 Å². The van der Waals surface area contributed by atoms with E-state index in [0.29, 0.717) is 0 Å². The Morgan fingerprint density at radius 1 is 1.62 bits per heavy atom. The van der Waals surface area contributed by atoms with Crippen LogP contribution in [0.25, 0.3) is 0 Å². The predicted octanol–water partition coefficient (Wildman–Crippen LogP) is 0.333. The molecule has 2 nitrogen and oxygen atoms in total. The summed E-state index contributed by atoms with van der Waals surface area (Å²) in [5.41, 5.74) is 4.85. The standard InChI is InChI=1S/C4H9N.C2H7N/c1-5-4-2-3-4;1-2-3/h4-5H,2-3H2,1H3;2-3H2,1H3. The second kappa shape index (κ2) is 5.06. The van der Waals surface area contributed by atoms with Crippen molar-refractivity contribution in [2.24, 2.45) is 5.73 Å². The van der Waals surface area contributed by atoms with Crippen LogP contribution in [-0.2, 0) is 0 Å². The fraction of sp³-hybridized carbons (Fsp3) is 1.00. The third-order valence-electron chi connectivity index (χ3n) is 0.986. The van der Waals surface area contributed by atoms with Crippen LogP contribution in [0.1, 0.15) is 19.8 Å². The number of rotatable bonds is 1. The van der Waals surface area contributed by atoms with Gasteiger partial charge in [0.25, 0.3) is 0 Å². The van der Waals surface area contributed by atoms with E-state index in [0.717, 1.165) is 12.6 Å². The van der Waals surface area contributed by atoms with Gasteiger partial charge in [-0.15, -0.1) is 0 Å². The molecule has 1 fully saturated rings. The van der Waals surface area contributed by atoms with Gasteiger partial charge >= 0.3 is 0 Å². The molecular weight excluding hydrogens is 100 g/mol. The van der Waals surface area contributed by atoms with Gasteiger partial charge in [-0.3, -0.25) is 0 Å². The van der Waals surface area contributed by atoms with E-state index in [9.17, 15) is 0 Å². The first kappa shape index (κ1) is 7.92. The first-order valence-corrected chi connectivity index (χ1v) is 3.22. The molecule has 0 unspecified atom stereocenters. The van der Waals surface area contributed by atoms with Crippen LogP contribution in [0.2, 0.25) is 0 Å². The molecule has 0 bridgehead atoms. The van der Waals surface area contributed by atoms with Crippen molar-refractivity contribution in [2.45, 2.75) is 25.8 Å². The lowest BCUT2D eigenvalue weighted by Gasteiger charge is -1.80. The van der Waals surface area contributed by atoms with Gasteiger partial charge in [0, 0.05) is 6.04 Å². The van der Waals surface area contributed by atoms with E-state index in [1.54, 1.807) is 0 Å². The average Bonchev–Trinajstić information content (AvgIpc) is 2.48. The molecule has 0 amide bonds. The Labute approximate surface area is 51.5 Å². The summed E-state index contributed by atoms with van der Waals surface area (Å²) in [6, 6.07) is 0.884. The van der Waals surface area contributed by atoms with E-state index in [2.05, 4.69) is 5.32 Å². The average molecular weight is 116 g/mol. The largest absolute Gasteiger partial charge is 0.331 e. The summed E-state index contributed by atoms with van der Waals surface area (Å²) in [4.78, 5) is 0. The first-order valence-electron chi connectivity index (χ1n) is 3.22. The molecule has 0 spiro atoms. The molecule has 1 aliphatic rings. The number of hydrogen-bond acceptors (Lipinski definition) is 2. The molecule has 0 atom stereocenters. The zero-order valence-corrected chi connectivity index (χ0v) is 5.78. The Balaban J connectivity index is 0.000000145. The molecule has 8 heavy (non-hydrogen) atoms. The Hall–Kier alpha value is -0.0800. The molecule has 0 aromatic rings. The second-order valence-corrected chi connectivity index (χ2v) is 1.97. The van der Waals surface area contributed by atoms with Crippen molar-refractivity contribution in [3.05, 3.63) is 0 Å². The Morgan fingerprint density at radius 2 is 2.00 bits per heavy atom. The van der Waals surface area contributed by atoms with Crippen molar-refractivity contribution in [3.63, 3.8) is 0 Å². The molecule has 50 valence electrons. The molecule has 0 aromatic carbocycles. The van der Waals surface area contributed by atoms with Crippen LogP contribution in [0, 0.1) is 0 Å². The van der Waals surface area contributed by atoms with Crippen LogP contribution in [0.15, 0.2) is 0 Å². The molecule has 0 radical (unpaired) electrons. The van der Waals surface area contributed by atoms with Crippen LogP contribution in [-0.4, -0.2) is 19.6 Å². The van der Waals surface area contributed by atoms with Gasteiger partial charge in [-0.05, 0) is 26.4 Å². The van der Waals surface area contributed by atoms with Crippen molar-refractivity contribution in [2.75, 3.05) is 13.6 Å². The number of nitrogens with two attached hydrogens (primary N) is 1. The summed E-state index contributed by atoms with van der Waals surface area (Å²) in [6.07, 6.45) is 2.80. The Bertz CT molecular complexity index is 41.8. The van der Waals surface area contributed by atoms with Crippen LogP contribution >= 0.6 is 0 Å². The van der Waals surface area contributed by atoms with Crippen LogP contribution < -0.4 is 11.1 Å². The maximum Gasteiger partial charge on any atom is 0.00652 e. The lowest BCUT2D eigenvalue weighted by molar-refractivity contribution is 0.811. The molecule has 0 heterocycles. The second-order valence-electron chi connectivity index (χ2n) is 1.97. The van der Waals surface area contributed by atoms with Gasteiger partial charge in [0.15, 0.2) is 0 Å². The maximum atomic E-state index is 4.85. The summed E-state index contributed by atoms with van der Waals surface area (Å²) >= 11 is 0. The lowest BCUT2D eigenvalue weighted by Crippen LogP contribution is -2.06. The van der Waals surface area contributed by atoms with E-state index in [1.807, 2.05) is 14.0 Å². The van der Waals surface area contributed by atoms with Crippen LogP contribution in [0.3, 0.4) is 0 Å². The van der Waals surface area contributed by atoms with E-state index in [4.69, 9.17) is 5.73 Å². The monoisotopic (exact) mass is 116 g/mol. The van der Waals surface area contributed by atoms with E-state index < -0.39 is 0 Å². The minimum Gasteiger partial charge on any atom is -0.331 e. The fourth-order valence-electron chi connectivity index (χ4n) is 0.372. The Morgan fingerprint density at radius 3 is 2.00 bits per heavy atom. The lowest BCUT2D eigenvalue weighted by atomic mass is 10.7. The van der Waals surface area contributed by atoms with E-state index >= 15 is 0 Å². The highest BCUT2D eigenvalue weighted by Crippen LogP contribution is 2.16. The number of hydrogen-bond donors (Lipinski definition) is 2. The summed E-state index contributed by atoms with van der Waals surface area (Å²) in [7, 11) is 2.01. The molecule has 0 aliphatic heterocycles. The van der Waals surface area contributed by atoms with Gasteiger partial charge in [-0.2, -0.15) is 0 Å². The van der Waals surface area contributed by atoms with Crippen LogP contribution in [0.4, 0.5) is 0 Å². The summed E-state index contributed by atoms with van der Waals surface area (Å²) in [6.45, 7) is 2.65. The smallest absolute Gasteiger partial charge is 0.00652 e. The highest BCUT2D eigenvalue weighted by molar-refractivity contribution is 4.78. The third kappa shape index (κ3) is 5.92. The van der Waals surface area contributed by atoms with Gasteiger partial charge < -0.3 is 11.1 Å². The molecule has 2 heteroatoms. The minimum absolute atomic E-state index is 0.750. The molecule has 0 saturated heterocycles. The topological polar surface area (TPSA) is 38.0 Å². The minimum atomic E-state index is 0.750. The zero-order valence-electron chi connectivity index (χ0n) is 5.78. The Kier molecular flexibility index (Phi) is 5.01. The zero-order chi connectivity index (χ0) is 6.41. The van der Waals surface area contributed by atoms with Gasteiger partial charge in [-0.25, -0.2) is 0 Å². The van der Waals surface area contributed by atoms with Crippen molar-refractivity contribution in [1.82, 2.24) is 5.32 Å². The molecule has 1 aliphatic carbocycles. The summed E-state index contributed by atoms with van der Waals surface area (Å²) in [5, 5.41) is 3.14. The van der Waals surface area contributed by atoms with Gasteiger partial charge in [0.05, 0.1) is 0 Å². The normalized spacial score (nSPS) is 16.9. The first-order chi connectivity index (χ1) is 3.85.